The van der Waals surface area contributed by atoms with Gasteiger partial charge in [-0.15, -0.1) is 0 Å². The van der Waals surface area contributed by atoms with Crippen LogP contribution in [-0.2, 0) is 4.74 Å². The first kappa shape index (κ1) is 15.1. The second-order valence-electron chi connectivity index (χ2n) is 4.53. The Balaban J connectivity index is 2.28. The Bertz CT molecular complexity index is 596. The van der Waals surface area contributed by atoms with E-state index in [-0.39, 0.29) is 5.91 Å². The molecule has 0 bridgehead atoms. The SMILES string of the molecule is COCCNC(=O)c1cc(-c2ccccc2)ccc1OC. The zero-order chi connectivity index (χ0) is 15.1. The van der Waals surface area contributed by atoms with Crippen LogP contribution >= 0.6 is 0 Å². The summed E-state index contributed by atoms with van der Waals surface area (Å²) in [5.41, 5.74) is 2.56. The summed E-state index contributed by atoms with van der Waals surface area (Å²) in [7, 11) is 3.16. The molecule has 0 aliphatic carbocycles. The molecule has 110 valence electrons. The number of carbonyl (C=O) groups excluding carboxylic acids is 1. The topological polar surface area (TPSA) is 47.6 Å². The van der Waals surface area contributed by atoms with Gasteiger partial charge in [-0.3, -0.25) is 4.79 Å². The number of nitrogens with one attached hydrogen (secondary N) is 1. The highest BCUT2D eigenvalue weighted by Crippen LogP contribution is 2.26. The van der Waals surface area contributed by atoms with Crippen molar-refractivity contribution in [3.05, 3.63) is 54.1 Å². The van der Waals surface area contributed by atoms with E-state index in [4.69, 9.17) is 9.47 Å². The first-order valence-electron chi connectivity index (χ1n) is 6.77. The third-order valence-corrected chi connectivity index (χ3v) is 3.14. The molecule has 4 nitrogen and oxygen atoms in total. The van der Waals surface area contributed by atoms with Crippen LogP contribution in [0.1, 0.15) is 10.4 Å². The number of hydrogen-bond donors (Lipinski definition) is 1. The Hall–Kier alpha value is -2.33. The van der Waals surface area contributed by atoms with Gasteiger partial charge in [0.25, 0.3) is 5.91 Å². The van der Waals surface area contributed by atoms with Gasteiger partial charge in [-0.1, -0.05) is 36.4 Å². The second-order valence-corrected chi connectivity index (χ2v) is 4.53. The molecule has 0 fully saturated rings. The molecule has 1 N–H and O–H groups in total. The Morgan fingerprint density at radius 2 is 1.81 bits per heavy atom. The van der Waals surface area contributed by atoms with E-state index in [1.807, 2.05) is 48.5 Å². The lowest BCUT2D eigenvalue weighted by molar-refractivity contribution is 0.0934. The Morgan fingerprint density at radius 3 is 2.48 bits per heavy atom. The molecule has 0 spiro atoms. The molecule has 0 unspecified atom stereocenters. The molecule has 2 aromatic carbocycles. The molecule has 0 saturated carbocycles. The zero-order valence-corrected chi connectivity index (χ0v) is 12.3. The van der Waals surface area contributed by atoms with Gasteiger partial charge in [-0.05, 0) is 23.3 Å². The van der Waals surface area contributed by atoms with Crippen molar-refractivity contribution in [2.45, 2.75) is 0 Å². The van der Waals surface area contributed by atoms with Crippen LogP contribution in [0.15, 0.2) is 48.5 Å². The van der Waals surface area contributed by atoms with Crippen molar-refractivity contribution in [3.8, 4) is 16.9 Å². The van der Waals surface area contributed by atoms with Crippen LogP contribution in [-0.4, -0.2) is 33.3 Å². The number of ether oxygens (including phenoxy) is 2. The number of amides is 1. The lowest BCUT2D eigenvalue weighted by Gasteiger charge is -2.11. The maximum atomic E-state index is 12.2. The smallest absolute Gasteiger partial charge is 0.255 e. The molecule has 0 atom stereocenters. The highest BCUT2D eigenvalue weighted by Gasteiger charge is 2.13. The van der Waals surface area contributed by atoms with E-state index in [0.29, 0.717) is 24.5 Å². The van der Waals surface area contributed by atoms with Gasteiger partial charge in [0.15, 0.2) is 0 Å². The van der Waals surface area contributed by atoms with Crippen molar-refractivity contribution in [1.82, 2.24) is 5.32 Å². The number of carbonyl (C=O) groups is 1. The summed E-state index contributed by atoms with van der Waals surface area (Å²) in [5, 5.41) is 2.81. The molecule has 0 aliphatic rings. The van der Waals surface area contributed by atoms with E-state index in [9.17, 15) is 4.79 Å². The maximum Gasteiger partial charge on any atom is 0.255 e. The summed E-state index contributed by atoms with van der Waals surface area (Å²) in [4.78, 5) is 12.2. The molecular formula is C17H19NO3. The fourth-order valence-electron chi connectivity index (χ4n) is 2.06. The first-order chi connectivity index (χ1) is 10.3. The molecule has 4 heteroatoms. The van der Waals surface area contributed by atoms with Crippen molar-refractivity contribution in [3.63, 3.8) is 0 Å². The standard InChI is InChI=1S/C17H19NO3/c1-20-11-10-18-17(19)15-12-14(8-9-16(15)21-2)13-6-4-3-5-7-13/h3-9,12H,10-11H2,1-2H3,(H,18,19). The van der Waals surface area contributed by atoms with Gasteiger partial charge >= 0.3 is 0 Å². The molecular weight excluding hydrogens is 266 g/mol. The molecule has 2 aromatic rings. The van der Waals surface area contributed by atoms with Gasteiger partial charge in [0, 0.05) is 13.7 Å². The Labute approximate surface area is 124 Å². The van der Waals surface area contributed by atoms with Gasteiger partial charge in [0.1, 0.15) is 5.75 Å². The summed E-state index contributed by atoms with van der Waals surface area (Å²) in [6.07, 6.45) is 0. The molecule has 0 saturated heterocycles. The van der Waals surface area contributed by atoms with E-state index in [1.54, 1.807) is 14.2 Å². The molecule has 0 radical (unpaired) electrons. The third-order valence-electron chi connectivity index (χ3n) is 3.14. The number of hydrogen-bond acceptors (Lipinski definition) is 3. The lowest BCUT2D eigenvalue weighted by atomic mass is 10.0. The predicted octanol–water partition coefficient (Wildman–Crippen LogP) is 2.74. The van der Waals surface area contributed by atoms with E-state index in [2.05, 4.69) is 5.32 Å². The van der Waals surface area contributed by atoms with Crippen LogP contribution in [0, 0.1) is 0 Å². The average molecular weight is 285 g/mol. The molecule has 0 aliphatic heterocycles. The minimum Gasteiger partial charge on any atom is -0.496 e. The molecule has 1 amide bonds. The monoisotopic (exact) mass is 285 g/mol. The third kappa shape index (κ3) is 3.83. The number of benzene rings is 2. The normalized spacial score (nSPS) is 10.2. The number of methoxy groups -OCH3 is 2. The van der Waals surface area contributed by atoms with Gasteiger partial charge in [-0.2, -0.15) is 0 Å². The van der Waals surface area contributed by atoms with Crippen molar-refractivity contribution in [2.75, 3.05) is 27.4 Å². The van der Waals surface area contributed by atoms with E-state index >= 15 is 0 Å². The van der Waals surface area contributed by atoms with Crippen LogP contribution < -0.4 is 10.1 Å². The van der Waals surface area contributed by atoms with Crippen LogP contribution in [0.3, 0.4) is 0 Å². The fourth-order valence-corrected chi connectivity index (χ4v) is 2.06. The van der Waals surface area contributed by atoms with Gasteiger partial charge in [0.05, 0.1) is 19.3 Å². The van der Waals surface area contributed by atoms with Gasteiger partial charge in [0.2, 0.25) is 0 Å². The van der Waals surface area contributed by atoms with Crippen molar-refractivity contribution < 1.29 is 14.3 Å². The number of rotatable bonds is 6. The molecule has 2 rings (SSSR count). The maximum absolute atomic E-state index is 12.2. The van der Waals surface area contributed by atoms with E-state index < -0.39 is 0 Å². The van der Waals surface area contributed by atoms with Crippen molar-refractivity contribution >= 4 is 5.91 Å². The highest BCUT2D eigenvalue weighted by molar-refractivity contribution is 5.98. The minimum atomic E-state index is -0.165. The first-order valence-corrected chi connectivity index (χ1v) is 6.77. The summed E-state index contributed by atoms with van der Waals surface area (Å²) >= 11 is 0. The quantitative estimate of drug-likeness (QED) is 0.830. The Kier molecular flexibility index (Phi) is 5.35. The second kappa shape index (κ2) is 7.45. The fraction of sp³-hybridized carbons (Fsp3) is 0.235. The van der Waals surface area contributed by atoms with E-state index in [0.717, 1.165) is 11.1 Å². The van der Waals surface area contributed by atoms with Crippen molar-refractivity contribution in [2.24, 2.45) is 0 Å². The summed E-state index contributed by atoms with van der Waals surface area (Å²) in [6, 6.07) is 15.5. The molecule has 21 heavy (non-hydrogen) atoms. The predicted molar refractivity (Wildman–Crippen MR) is 82.6 cm³/mol. The average Bonchev–Trinajstić information content (AvgIpc) is 2.55. The summed E-state index contributed by atoms with van der Waals surface area (Å²) in [6.45, 7) is 0.945. The summed E-state index contributed by atoms with van der Waals surface area (Å²) in [5.74, 6) is 0.395. The largest absolute Gasteiger partial charge is 0.496 e. The molecule has 0 aromatic heterocycles. The van der Waals surface area contributed by atoms with E-state index in [1.165, 1.54) is 0 Å². The zero-order valence-electron chi connectivity index (χ0n) is 12.3. The highest BCUT2D eigenvalue weighted by atomic mass is 16.5. The van der Waals surface area contributed by atoms with Crippen molar-refractivity contribution in [1.29, 1.82) is 0 Å². The molecule has 0 heterocycles. The van der Waals surface area contributed by atoms with Crippen LogP contribution in [0.4, 0.5) is 0 Å². The van der Waals surface area contributed by atoms with Gasteiger partial charge < -0.3 is 14.8 Å². The lowest BCUT2D eigenvalue weighted by Crippen LogP contribution is -2.27. The van der Waals surface area contributed by atoms with Gasteiger partial charge in [-0.25, -0.2) is 0 Å². The summed E-state index contributed by atoms with van der Waals surface area (Å²) < 4.78 is 10.2. The minimum absolute atomic E-state index is 0.165. The van der Waals surface area contributed by atoms with Crippen LogP contribution in [0.25, 0.3) is 11.1 Å². The van der Waals surface area contributed by atoms with Crippen LogP contribution in [0.2, 0.25) is 0 Å². The Morgan fingerprint density at radius 1 is 1.05 bits per heavy atom. The van der Waals surface area contributed by atoms with Crippen LogP contribution in [0.5, 0.6) is 5.75 Å².